The van der Waals surface area contributed by atoms with Crippen molar-refractivity contribution in [2.24, 2.45) is 0 Å². The van der Waals surface area contributed by atoms with E-state index < -0.39 is 0 Å². The highest BCUT2D eigenvalue weighted by Crippen LogP contribution is 2.23. The zero-order valence-corrected chi connectivity index (χ0v) is 14.9. The van der Waals surface area contributed by atoms with Crippen LogP contribution in [-0.4, -0.2) is 49.9 Å². The number of morpholine rings is 1. The number of thioether (sulfide) groups is 1. The number of ether oxygens (including phenoxy) is 1. The number of hydrogen-bond acceptors (Lipinski definition) is 5. The SMILES string of the molecule is Cl.Cl.O=C(Nc1cc(F)cc(N2CCOCC2)c1)C1CSCN1. The summed E-state index contributed by atoms with van der Waals surface area (Å²) >= 11 is 1.68. The Balaban J connectivity index is 0.00000132. The van der Waals surface area contributed by atoms with Crippen LogP contribution in [0.2, 0.25) is 0 Å². The van der Waals surface area contributed by atoms with Crippen molar-refractivity contribution in [3.8, 4) is 0 Å². The molecule has 0 radical (unpaired) electrons. The van der Waals surface area contributed by atoms with Crippen LogP contribution in [0.5, 0.6) is 0 Å². The predicted octanol–water partition coefficient (Wildman–Crippen LogP) is 2.11. The van der Waals surface area contributed by atoms with Crippen LogP contribution in [-0.2, 0) is 9.53 Å². The first-order valence-corrected chi connectivity index (χ1v) is 8.13. The van der Waals surface area contributed by atoms with Gasteiger partial charge in [-0.1, -0.05) is 0 Å². The van der Waals surface area contributed by atoms with E-state index in [1.807, 2.05) is 6.07 Å². The van der Waals surface area contributed by atoms with Crippen molar-refractivity contribution < 1.29 is 13.9 Å². The monoisotopic (exact) mass is 383 g/mol. The smallest absolute Gasteiger partial charge is 0.242 e. The van der Waals surface area contributed by atoms with E-state index in [4.69, 9.17) is 4.74 Å². The second kappa shape index (κ2) is 9.54. The summed E-state index contributed by atoms with van der Waals surface area (Å²) in [6.07, 6.45) is 0. The van der Waals surface area contributed by atoms with Crippen molar-refractivity contribution in [1.29, 1.82) is 0 Å². The Hall–Kier alpha value is -0.730. The molecule has 2 saturated heterocycles. The van der Waals surface area contributed by atoms with Crippen LogP contribution in [0.15, 0.2) is 18.2 Å². The molecule has 1 aromatic rings. The number of amides is 1. The summed E-state index contributed by atoms with van der Waals surface area (Å²) in [6, 6.07) is 4.45. The van der Waals surface area contributed by atoms with E-state index in [1.54, 1.807) is 11.8 Å². The van der Waals surface area contributed by atoms with Gasteiger partial charge < -0.3 is 15.0 Å². The summed E-state index contributed by atoms with van der Waals surface area (Å²) in [5.74, 6) is 1.07. The lowest BCUT2D eigenvalue weighted by molar-refractivity contribution is -0.117. The zero-order chi connectivity index (χ0) is 14.7. The molecule has 2 heterocycles. The highest BCUT2D eigenvalue weighted by molar-refractivity contribution is 7.99. The molecular weight excluding hydrogens is 364 g/mol. The van der Waals surface area contributed by atoms with E-state index >= 15 is 0 Å². The summed E-state index contributed by atoms with van der Waals surface area (Å²) in [4.78, 5) is 14.1. The molecule has 0 aromatic heterocycles. The average molecular weight is 384 g/mol. The van der Waals surface area contributed by atoms with E-state index in [9.17, 15) is 9.18 Å². The normalized spacial score (nSPS) is 20.4. The van der Waals surface area contributed by atoms with Gasteiger partial charge in [-0.3, -0.25) is 10.1 Å². The summed E-state index contributed by atoms with van der Waals surface area (Å²) in [7, 11) is 0. The average Bonchev–Trinajstić information content (AvgIpc) is 3.02. The zero-order valence-electron chi connectivity index (χ0n) is 12.4. The number of carbonyl (C=O) groups excluding carboxylic acids is 1. The second-order valence-electron chi connectivity index (χ2n) is 5.06. The fraction of sp³-hybridized carbons (Fsp3) is 0.500. The molecule has 0 aliphatic carbocycles. The van der Waals surface area contributed by atoms with Gasteiger partial charge in [-0.15, -0.1) is 36.6 Å². The van der Waals surface area contributed by atoms with Crippen LogP contribution in [0.1, 0.15) is 0 Å². The predicted molar refractivity (Wildman–Crippen MR) is 96.8 cm³/mol. The topological polar surface area (TPSA) is 53.6 Å². The first kappa shape index (κ1) is 20.3. The molecule has 2 fully saturated rings. The second-order valence-corrected chi connectivity index (χ2v) is 6.09. The summed E-state index contributed by atoms with van der Waals surface area (Å²) < 4.78 is 19.1. The minimum atomic E-state index is -0.344. The maximum atomic E-state index is 13.8. The van der Waals surface area contributed by atoms with Gasteiger partial charge in [0.25, 0.3) is 0 Å². The maximum absolute atomic E-state index is 13.8. The Bertz CT molecular complexity index is 527. The third-order valence-electron chi connectivity index (χ3n) is 3.56. The lowest BCUT2D eigenvalue weighted by atomic mass is 10.2. The standard InChI is InChI=1S/C14H18FN3O2S.2ClH/c15-10-5-11(17-14(19)13-8-21-9-16-13)7-12(6-10)18-1-3-20-4-2-18;;/h5-7,13,16H,1-4,8-9H2,(H,17,19);2*1H. The Morgan fingerprint density at radius 3 is 2.70 bits per heavy atom. The number of hydrogen-bond donors (Lipinski definition) is 2. The summed E-state index contributed by atoms with van der Waals surface area (Å²) in [5, 5.41) is 5.89. The van der Waals surface area contributed by atoms with Crippen LogP contribution in [0.25, 0.3) is 0 Å². The van der Waals surface area contributed by atoms with Crippen molar-refractivity contribution in [2.45, 2.75) is 6.04 Å². The first-order valence-electron chi connectivity index (χ1n) is 6.98. The highest BCUT2D eigenvalue weighted by atomic mass is 35.5. The summed E-state index contributed by atoms with van der Waals surface area (Å²) in [5.41, 5.74) is 1.28. The first-order chi connectivity index (χ1) is 10.2. The van der Waals surface area contributed by atoms with Gasteiger partial charge in [0.1, 0.15) is 5.82 Å². The van der Waals surface area contributed by atoms with Gasteiger partial charge in [-0.25, -0.2) is 4.39 Å². The van der Waals surface area contributed by atoms with E-state index in [-0.39, 0.29) is 42.6 Å². The molecule has 0 saturated carbocycles. The lowest BCUT2D eigenvalue weighted by Gasteiger charge is -2.29. The Kier molecular flexibility index (Phi) is 8.42. The van der Waals surface area contributed by atoms with E-state index in [0.29, 0.717) is 18.9 Å². The van der Waals surface area contributed by atoms with Gasteiger partial charge in [0.05, 0.1) is 19.3 Å². The van der Waals surface area contributed by atoms with Gasteiger partial charge >= 0.3 is 0 Å². The number of halogens is 3. The molecule has 1 atom stereocenters. The minimum Gasteiger partial charge on any atom is -0.378 e. The van der Waals surface area contributed by atoms with Crippen molar-refractivity contribution >= 4 is 53.9 Å². The lowest BCUT2D eigenvalue weighted by Crippen LogP contribution is -2.38. The highest BCUT2D eigenvalue weighted by Gasteiger charge is 2.23. The third-order valence-corrected chi connectivity index (χ3v) is 4.50. The van der Waals surface area contributed by atoms with Crippen LogP contribution in [0.4, 0.5) is 15.8 Å². The molecule has 2 aliphatic heterocycles. The van der Waals surface area contributed by atoms with Crippen molar-refractivity contribution in [1.82, 2.24) is 5.32 Å². The molecular formula is C14H20Cl2FN3O2S. The fourth-order valence-electron chi connectivity index (χ4n) is 2.44. The Morgan fingerprint density at radius 2 is 2.04 bits per heavy atom. The number of benzene rings is 1. The van der Waals surface area contributed by atoms with Gasteiger partial charge in [0.15, 0.2) is 0 Å². The maximum Gasteiger partial charge on any atom is 0.242 e. The van der Waals surface area contributed by atoms with Crippen molar-refractivity contribution in [3.63, 3.8) is 0 Å². The van der Waals surface area contributed by atoms with Gasteiger partial charge in [0.2, 0.25) is 5.91 Å². The number of nitrogens with one attached hydrogen (secondary N) is 2. The molecule has 1 amide bonds. The molecule has 3 rings (SSSR count). The van der Waals surface area contributed by atoms with E-state index in [1.165, 1.54) is 12.1 Å². The van der Waals surface area contributed by atoms with Gasteiger partial charge in [0, 0.05) is 36.1 Å². The van der Waals surface area contributed by atoms with Crippen LogP contribution < -0.4 is 15.5 Å². The van der Waals surface area contributed by atoms with Crippen LogP contribution in [0, 0.1) is 5.82 Å². The quantitative estimate of drug-likeness (QED) is 0.836. The Labute approximate surface area is 151 Å². The molecule has 2 N–H and O–H groups in total. The van der Waals surface area contributed by atoms with Crippen molar-refractivity contribution in [2.75, 3.05) is 48.1 Å². The van der Waals surface area contributed by atoms with Gasteiger partial charge in [-0.05, 0) is 18.2 Å². The molecule has 1 aromatic carbocycles. The summed E-state index contributed by atoms with van der Waals surface area (Å²) in [6.45, 7) is 2.75. The molecule has 0 bridgehead atoms. The molecule has 1 unspecified atom stereocenters. The van der Waals surface area contributed by atoms with Crippen LogP contribution in [0.3, 0.4) is 0 Å². The molecule has 130 valence electrons. The molecule has 0 spiro atoms. The van der Waals surface area contributed by atoms with Gasteiger partial charge in [-0.2, -0.15) is 0 Å². The van der Waals surface area contributed by atoms with E-state index in [0.717, 1.165) is 30.4 Å². The Morgan fingerprint density at radius 1 is 1.30 bits per heavy atom. The largest absolute Gasteiger partial charge is 0.378 e. The third kappa shape index (κ3) is 5.39. The molecule has 2 aliphatic rings. The van der Waals surface area contributed by atoms with Crippen molar-refractivity contribution in [3.05, 3.63) is 24.0 Å². The number of anilines is 2. The fourth-order valence-corrected chi connectivity index (χ4v) is 3.39. The van der Waals surface area contributed by atoms with Crippen LogP contribution >= 0.6 is 36.6 Å². The number of carbonyl (C=O) groups is 1. The number of rotatable bonds is 3. The van der Waals surface area contributed by atoms with E-state index in [2.05, 4.69) is 15.5 Å². The minimum absolute atomic E-state index is 0. The molecule has 23 heavy (non-hydrogen) atoms. The molecule has 5 nitrogen and oxygen atoms in total. The molecule has 9 heteroatoms. The number of nitrogens with zero attached hydrogens (tertiary/aromatic N) is 1.